The van der Waals surface area contributed by atoms with Crippen LogP contribution < -0.4 is 0 Å². The number of fused-ring (bicyclic) bond motifs is 7. The smallest absolute Gasteiger partial charge is 0.312 e. The fourth-order valence-electron chi connectivity index (χ4n) is 10.9. The highest BCUT2D eigenvalue weighted by Crippen LogP contribution is 2.74. The molecule has 5 aliphatic rings. The van der Waals surface area contributed by atoms with E-state index in [0.717, 1.165) is 44.1 Å². The Bertz CT molecular complexity index is 1180. The van der Waals surface area contributed by atoms with Gasteiger partial charge in [-0.05, 0) is 110 Å². The molecule has 3 heteroatoms. The zero-order valence-corrected chi connectivity index (χ0v) is 25.3. The number of allylic oxidation sites excluding steroid dienone is 2. The third-order valence-electron chi connectivity index (χ3n) is 13.9. The van der Waals surface area contributed by atoms with Crippen LogP contribution in [0.15, 0.2) is 42.0 Å². The minimum atomic E-state index is -0.432. The van der Waals surface area contributed by atoms with E-state index in [-0.39, 0.29) is 33.5 Å². The summed E-state index contributed by atoms with van der Waals surface area (Å²) in [5.41, 5.74) is 3.19. The van der Waals surface area contributed by atoms with E-state index in [1.54, 1.807) is 5.57 Å². The number of Topliss-reactive ketones (excluding diaryl/α,β-unsaturated/α-hetero) is 1. The molecule has 0 amide bonds. The van der Waals surface area contributed by atoms with Gasteiger partial charge in [-0.3, -0.25) is 9.59 Å². The minimum absolute atomic E-state index is 0.0185. The van der Waals surface area contributed by atoms with Crippen LogP contribution in [0, 0.1) is 50.7 Å². The molecule has 0 heterocycles. The van der Waals surface area contributed by atoms with E-state index in [2.05, 4.69) is 47.6 Å². The summed E-state index contributed by atoms with van der Waals surface area (Å²) in [7, 11) is 0. The molecule has 5 aliphatic carbocycles. The fraction of sp³-hybridized carbons (Fsp3) is 0.722. The molecule has 0 N–H and O–H groups in total. The molecule has 2 unspecified atom stereocenters. The monoisotopic (exact) mass is 530 g/mol. The Morgan fingerprint density at radius 3 is 2.41 bits per heavy atom. The van der Waals surface area contributed by atoms with Crippen LogP contribution in [-0.2, 0) is 20.9 Å². The predicted molar refractivity (Wildman–Crippen MR) is 156 cm³/mol. The molecule has 212 valence electrons. The van der Waals surface area contributed by atoms with E-state index in [9.17, 15) is 9.59 Å². The van der Waals surface area contributed by atoms with Crippen molar-refractivity contribution in [2.45, 2.75) is 112 Å². The zero-order chi connectivity index (χ0) is 27.8. The Kier molecular flexibility index (Phi) is 6.33. The molecule has 4 saturated carbocycles. The van der Waals surface area contributed by atoms with Crippen LogP contribution >= 0.6 is 0 Å². The molecule has 3 nitrogen and oxygen atoms in total. The number of benzene rings is 1. The van der Waals surface area contributed by atoms with Gasteiger partial charge in [0.15, 0.2) is 0 Å². The minimum Gasteiger partial charge on any atom is -0.460 e. The van der Waals surface area contributed by atoms with E-state index in [0.29, 0.717) is 30.1 Å². The highest BCUT2D eigenvalue weighted by Gasteiger charge is 2.67. The molecule has 0 bridgehead atoms. The molecule has 0 aliphatic heterocycles. The van der Waals surface area contributed by atoms with Crippen LogP contribution in [0.25, 0.3) is 0 Å². The van der Waals surface area contributed by atoms with Crippen molar-refractivity contribution < 1.29 is 14.3 Å². The second-order valence-electron chi connectivity index (χ2n) is 15.6. The van der Waals surface area contributed by atoms with Gasteiger partial charge in [-0.15, -0.1) is 0 Å². The first kappa shape index (κ1) is 27.3. The molecule has 0 spiro atoms. The van der Waals surface area contributed by atoms with Crippen LogP contribution in [0.5, 0.6) is 0 Å². The van der Waals surface area contributed by atoms with Gasteiger partial charge >= 0.3 is 5.97 Å². The highest BCUT2D eigenvalue weighted by molar-refractivity contribution is 5.82. The number of carbonyl (C=O) groups excluding carboxylic acids is 2. The number of rotatable bonds is 3. The molecule has 6 rings (SSSR count). The summed E-state index contributed by atoms with van der Waals surface area (Å²) >= 11 is 0. The Labute approximate surface area is 236 Å². The number of hydrogen-bond acceptors (Lipinski definition) is 3. The average molecular weight is 531 g/mol. The molecule has 1 aromatic carbocycles. The van der Waals surface area contributed by atoms with Crippen LogP contribution in [0.1, 0.15) is 111 Å². The molecule has 9 atom stereocenters. The first-order chi connectivity index (χ1) is 18.4. The first-order valence-electron chi connectivity index (χ1n) is 15.8. The van der Waals surface area contributed by atoms with Gasteiger partial charge in [-0.2, -0.15) is 0 Å². The lowest BCUT2D eigenvalue weighted by molar-refractivity contribution is -0.175. The molecule has 39 heavy (non-hydrogen) atoms. The summed E-state index contributed by atoms with van der Waals surface area (Å²) in [6, 6.07) is 10.1. The number of esters is 1. The van der Waals surface area contributed by atoms with E-state index in [1.807, 2.05) is 30.3 Å². The third kappa shape index (κ3) is 3.87. The standard InChI is InChI=1S/C36H50O3/c1-24-26-14-17-36(6)30(34(26,4)16-15-29(24)37)13-12-27-28-22-33(3,19-18-32(28,2)20-21-35(27,36)5)31(38)39-23-25-10-8-7-9-11-25/h7-12,24,26,28,30H,13-23H2,1-6H3/t24-,26?,28-,30?,32+,33-,34-,35+,36+/m0/s1. The number of carbonyl (C=O) groups is 2. The summed E-state index contributed by atoms with van der Waals surface area (Å²) < 4.78 is 5.96. The normalized spacial score (nSPS) is 47.1. The summed E-state index contributed by atoms with van der Waals surface area (Å²) in [5, 5.41) is 0. The largest absolute Gasteiger partial charge is 0.460 e. The second-order valence-corrected chi connectivity index (χ2v) is 15.6. The Balaban J connectivity index is 1.29. The van der Waals surface area contributed by atoms with Crippen molar-refractivity contribution in [3.63, 3.8) is 0 Å². The van der Waals surface area contributed by atoms with Crippen molar-refractivity contribution in [1.82, 2.24) is 0 Å². The van der Waals surface area contributed by atoms with Gasteiger partial charge in [0.25, 0.3) is 0 Å². The molecular weight excluding hydrogens is 480 g/mol. The Hall–Kier alpha value is -1.90. The topological polar surface area (TPSA) is 43.4 Å². The van der Waals surface area contributed by atoms with Crippen LogP contribution in [0.4, 0.5) is 0 Å². The molecule has 0 radical (unpaired) electrons. The average Bonchev–Trinajstić information content (AvgIpc) is 2.91. The summed E-state index contributed by atoms with van der Waals surface area (Å²) in [5.74, 6) is 2.28. The Morgan fingerprint density at radius 2 is 1.67 bits per heavy atom. The SMILES string of the molecule is C[C@@H]1C(=O)CC[C@@]2(C)C1CC[C@]1(C)C2CC=C2[C@@H]3C[C@@](C)(C(=O)OCc4ccccc4)CC[C@]3(C)CC[C@]21C. The van der Waals surface area contributed by atoms with Gasteiger partial charge < -0.3 is 4.74 Å². The van der Waals surface area contributed by atoms with Crippen molar-refractivity contribution >= 4 is 11.8 Å². The maximum absolute atomic E-state index is 13.6. The van der Waals surface area contributed by atoms with E-state index >= 15 is 0 Å². The Morgan fingerprint density at radius 1 is 0.949 bits per heavy atom. The van der Waals surface area contributed by atoms with Gasteiger partial charge in [0.05, 0.1) is 5.41 Å². The second kappa shape index (κ2) is 9.05. The van der Waals surface area contributed by atoms with E-state index < -0.39 is 5.41 Å². The molecule has 4 fully saturated rings. The quantitative estimate of drug-likeness (QED) is 0.290. The van der Waals surface area contributed by atoms with Crippen LogP contribution in [0.3, 0.4) is 0 Å². The van der Waals surface area contributed by atoms with Crippen molar-refractivity contribution in [3.05, 3.63) is 47.5 Å². The van der Waals surface area contributed by atoms with Gasteiger partial charge in [-0.1, -0.05) is 76.6 Å². The molecule has 0 saturated heterocycles. The highest BCUT2D eigenvalue weighted by atomic mass is 16.5. The van der Waals surface area contributed by atoms with Crippen molar-refractivity contribution in [2.24, 2.45) is 50.7 Å². The summed E-state index contributed by atoms with van der Waals surface area (Å²) in [6.07, 6.45) is 13.5. The fourth-order valence-corrected chi connectivity index (χ4v) is 10.9. The maximum Gasteiger partial charge on any atom is 0.312 e. The summed E-state index contributed by atoms with van der Waals surface area (Å²) in [6.45, 7) is 15.0. The predicted octanol–water partition coefficient (Wildman–Crippen LogP) is 8.71. The van der Waals surface area contributed by atoms with Gasteiger partial charge in [0.2, 0.25) is 0 Å². The maximum atomic E-state index is 13.6. The third-order valence-corrected chi connectivity index (χ3v) is 13.9. The lowest BCUT2D eigenvalue weighted by atomic mass is 9.34. The van der Waals surface area contributed by atoms with Crippen LogP contribution in [-0.4, -0.2) is 11.8 Å². The molecule has 0 aromatic heterocycles. The molecular formula is C36H50O3. The van der Waals surface area contributed by atoms with E-state index in [4.69, 9.17) is 4.74 Å². The van der Waals surface area contributed by atoms with Gasteiger partial charge in [-0.25, -0.2) is 0 Å². The lowest BCUT2D eigenvalue weighted by Gasteiger charge is -2.70. The number of ether oxygens (including phenoxy) is 1. The van der Waals surface area contributed by atoms with Crippen molar-refractivity contribution in [2.75, 3.05) is 0 Å². The van der Waals surface area contributed by atoms with Crippen molar-refractivity contribution in [3.8, 4) is 0 Å². The zero-order valence-electron chi connectivity index (χ0n) is 25.3. The van der Waals surface area contributed by atoms with Crippen LogP contribution in [0.2, 0.25) is 0 Å². The van der Waals surface area contributed by atoms with E-state index in [1.165, 1.54) is 25.7 Å². The number of ketones is 1. The number of hydrogen-bond donors (Lipinski definition) is 0. The van der Waals surface area contributed by atoms with Crippen molar-refractivity contribution in [1.29, 1.82) is 0 Å². The van der Waals surface area contributed by atoms with Gasteiger partial charge in [0, 0.05) is 12.3 Å². The lowest BCUT2D eigenvalue weighted by Crippen LogP contribution is -2.62. The van der Waals surface area contributed by atoms with Gasteiger partial charge in [0.1, 0.15) is 12.4 Å². The first-order valence-corrected chi connectivity index (χ1v) is 15.8. The summed E-state index contributed by atoms with van der Waals surface area (Å²) in [4.78, 5) is 26.3. The molecule has 1 aromatic rings.